The van der Waals surface area contributed by atoms with Gasteiger partial charge >= 0.3 is 5.69 Å². The summed E-state index contributed by atoms with van der Waals surface area (Å²) in [4.78, 5) is 13.0. The topological polar surface area (TPSA) is 72.4 Å². The van der Waals surface area contributed by atoms with Gasteiger partial charge in [-0.2, -0.15) is 0 Å². The number of hydrogen-bond acceptors (Lipinski definition) is 4. The third kappa shape index (κ3) is 2.21. The van der Waals surface area contributed by atoms with E-state index in [-0.39, 0.29) is 16.3 Å². The van der Waals surface area contributed by atoms with Crippen molar-refractivity contribution in [1.82, 2.24) is 0 Å². The summed E-state index contributed by atoms with van der Waals surface area (Å²) in [6.45, 7) is 1.81. The van der Waals surface area contributed by atoms with Crippen LogP contribution in [0.2, 0.25) is 0 Å². The predicted molar refractivity (Wildman–Crippen MR) is 79.9 cm³/mol. The Balaban J connectivity index is 1.81. The van der Waals surface area contributed by atoms with Crippen molar-refractivity contribution in [3.8, 4) is 0 Å². The number of anilines is 2. The van der Waals surface area contributed by atoms with Gasteiger partial charge < -0.3 is 10.6 Å². The average molecular weight is 275 g/mol. The molecule has 0 bridgehead atoms. The summed E-state index contributed by atoms with van der Waals surface area (Å²) in [6.07, 6.45) is 7.66. The van der Waals surface area contributed by atoms with E-state index in [0.717, 1.165) is 25.9 Å². The van der Waals surface area contributed by atoms with E-state index in [2.05, 4.69) is 4.90 Å². The summed E-state index contributed by atoms with van der Waals surface area (Å²) < 4.78 is 0. The summed E-state index contributed by atoms with van der Waals surface area (Å²) in [5.41, 5.74) is 7.30. The molecule has 1 saturated heterocycles. The first kappa shape index (κ1) is 13.2. The first-order chi connectivity index (χ1) is 9.61. The van der Waals surface area contributed by atoms with Crippen molar-refractivity contribution >= 4 is 17.1 Å². The highest BCUT2D eigenvalue weighted by Crippen LogP contribution is 2.47. The molecule has 5 heteroatoms. The van der Waals surface area contributed by atoms with Crippen LogP contribution in [0, 0.1) is 15.5 Å². The third-order valence-electron chi connectivity index (χ3n) is 5.06. The number of nitrogens with zero attached hydrogens (tertiary/aromatic N) is 2. The fourth-order valence-corrected chi connectivity index (χ4v) is 3.85. The molecule has 1 aromatic rings. The molecule has 0 radical (unpaired) electrons. The number of hydrogen-bond donors (Lipinski definition) is 1. The van der Waals surface area contributed by atoms with Gasteiger partial charge in [0.1, 0.15) is 11.4 Å². The second-order valence-electron chi connectivity index (χ2n) is 6.17. The predicted octanol–water partition coefficient (Wildman–Crippen LogP) is 3.34. The number of nitro benzene ring substituents is 1. The van der Waals surface area contributed by atoms with Gasteiger partial charge in [0.25, 0.3) is 0 Å². The van der Waals surface area contributed by atoms with Crippen LogP contribution in [0.1, 0.15) is 38.5 Å². The second-order valence-corrected chi connectivity index (χ2v) is 6.17. The maximum Gasteiger partial charge on any atom is 0.315 e. The lowest BCUT2D eigenvalue weighted by Gasteiger charge is -2.40. The molecule has 1 aromatic carbocycles. The van der Waals surface area contributed by atoms with Gasteiger partial charge in [-0.05, 0) is 43.2 Å². The van der Waals surface area contributed by atoms with Crippen LogP contribution in [0.15, 0.2) is 18.2 Å². The number of nitrogens with two attached hydrogens (primary N) is 1. The highest BCUT2D eigenvalue weighted by Gasteiger charge is 2.38. The van der Waals surface area contributed by atoms with Gasteiger partial charge in [0.15, 0.2) is 0 Å². The molecule has 1 saturated carbocycles. The van der Waals surface area contributed by atoms with Crippen LogP contribution >= 0.6 is 0 Å². The van der Waals surface area contributed by atoms with E-state index in [1.54, 1.807) is 12.1 Å². The average Bonchev–Trinajstić information content (AvgIpc) is 2.87. The lowest BCUT2D eigenvalue weighted by atomic mass is 9.77. The smallest absolute Gasteiger partial charge is 0.315 e. The van der Waals surface area contributed by atoms with E-state index in [0.29, 0.717) is 11.1 Å². The Hall–Kier alpha value is -1.78. The largest absolute Gasteiger partial charge is 0.393 e. The van der Waals surface area contributed by atoms with E-state index in [1.807, 2.05) is 6.07 Å². The number of piperidine rings is 1. The molecule has 3 rings (SSSR count). The van der Waals surface area contributed by atoms with Gasteiger partial charge in [0, 0.05) is 13.1 Å². The van der Waals surface area contributed by atoms with Gasteiger partial charge in [-0.1, -0.05) is 18.9 Å². The van der Waals surface area contributed by atoms with Crippen molar-refractivity contribution in [3.05, 3.63) is 28.3 Å². The van der Waals surface area contributed by atoms with Gasteiger partial charge in [-0.25, -0.2) is 0 Å². The molecule has 2 aliphatic rings. The van der Waals surface area contributed by atoms with E-state index >= 15 is 0 Å². The molecule has 1 spiro atoms. The maximum absolute atomic E-state index is 11.2. The van der Waals surface area contributed by atoms with Crippen LogP contribution in [0.4, 0.5) is 17.1 Å². The fourth-order valence-electron chi connectivity index (χ4n) is 3.85. The lowest BCUT2D eigenvalue weighted by Crippen LogP contribution is -2.39. The standard InChI is InChI=1S/C15H21N3O2/c16-12-4-3-5-13(14(12)18(19)20)17-10-8-15(9-11-17)6-1-2-7-15/h3-5H,1-2,6-11,16H2. The molecule has 1 aliphatic heterocycles. The van der Waals surface area contributed by atoms with Crippen LogP contribution in [-0.4, -0.2) is 18.0 Å². The Kier molecular flexibility index (Phi) is 3.28. The summed E-state index contributed by atoms with van der Waals surface area (Å²) in [6, 6.07) is 5.22. The van der Waals surface area contributed by atoms with Gasteiger partial charge in [0.05, 0.1) is 4.92 Å². The highest BCUT2D eigenvalue weighted by molar-refractivity contribution is 5.75. The molecule has 0 amide bonds. The van der Waals surface area contributed by atoms with E-state index in [9.17, 15) is 10.1 Å². The first-order valence-electron chi connectivity index (χ1n) is 7.39. The molecule has 1 aliphatic carbocycles. The van der Waals surface area contributed by atoms with Crippen LogP contribution in [0.5, 0.6) is 0 Å². The molecule has 2 fully saturated rings. The Bertz CT molecular complexity index is 514. The molecule has 108 valence electrons. The normalized spacial score (nSPS) is 21.3. The summed E-state index contributed by atoms with van der Waals surface area (Å²) in [5, 5.41) is 11.2. The molecule has 0 aromatic heterocycles. The van der Waals surface area contributed by atoms with Crippen molar-refractivity contribution in [1.29, 1.82) is 0 Å². The monoisotopic (exact) mass is 275 g/mol. The van der Waals surface area contributed by atoms with Gasteiger partial charge in [-0.3, -0.25) is 10.1 Å². The van der Waals surface area contributed by atoms with Gasteiger partial charge in [-0.15, -0.1) is 0 Å². The minimum absolute atomic E-state index is 0.0647. The molecule has 20 heavy (non-hydrogen) atoms. The van der Waals surface area contributed by atoms with Crippen molar-refractivity contribution in [2.24, 2.45) is 5.41 Å². The highest BCUT2D eigenvalue weighted by atomic mass is 16.6. The number of nitro groups is 1. The van der Waals surface area contributed by atoms with Crippen molar-refractivity contribution in [2.75, 3.05) is 23.7 Å². The summed E-state index contributed by atoms with van der Waals surface area (Å²) in [7, 11) is 0. The van der Waals surface area contributed by atoms with E-state index in [4.69, 9.17) is 5.73 Å². The molecule has 1 heterocycles. The van der Waals surface area contributed by atoms with E-state index in [1.165, 1.54) is 25.7 Å². The number of para-hydroxylation sites is 1. The zero-order valence-electron chi connectivity index (χ0n) is 11.7. The van der Waals surface area contributed by atoms with Crippen LogP contribution < -0.4 is 10.6 Å². The first-order valence-corrected chi connectivity index (χ1v) is 7.39. The Labute approximate surface area is 118 Å². The van der Waals surface area contributed by atoms with Gasteiger partial charge in [0.2, 0.25) is 0 Å². The molecule has 0 unspecified atom stereocenters. The Morgan fingerprint density at radius 3 is 2.40 bits per heavy atom. The zero-order chi connectivity index (χ0) is 14.2. The number of rotatable bonds is 2. The van der Waals surface area contributed by atoms with Crippen LogP contribution in [-0.2, 0) is 0 Å². The summed E-state index contributed by atoms with van der Waals surface area (Å²) in [5.74, 6) is 0. The quantitative estimate of drug-likeness (QED) is 0.510. The Morgan fingerprint density at radius 2 is 1.80 bits per heavy atom. The minimum atomic E-state index is -0.357. The maximum atomic E-state index is 11.2. The third-order valence-corrected chi connectivity index (χ3v) is 5.06. The Morgan fingerprint density at radius 1 is 1.15 bits per heavy atom. The number of nitrogen functional groups attached to an aromatic ring is 1. The molecular formula is C15H21N3O2. The van der Waals surface area contributed by atoms with Crippen molar-refractivity contribution < 1.29 is 4.92 Å². The van der Waals surface area contributed by atoms with Crippen LogP contribution in [0.3, 0.4) is 0 Å². The zero-order valence-corrected chi connectivity index (χ0v) is 11.7. The van der Waals surface area contributed by atoms with Crippen molar-refractivity contribution in [3.63, 3.8) is 0 Å². The van der Waals surface area contributed by atoms with Crippen LogP contribution in [0.25, 0.3) is 0 Å². The summed E-state index contributed by atoms with van der Waals surface area (Å²) >= 11 is 0. The fraction of sp³-hybridized carbons (Fsp3) is 0.600. The van der Waals surface area contributed by atoms with E-state index < -0.39 is 0 Å². The molecule has 0 atom stereocenters. The SMILES string of the molecule is Nc1cccc(N2CCC3(CCCC3)CC2)c1[N+](=O)[O-]. The minimum Gasteiger partial charge on any atom is -0.393 e. The molecule has 5 nitrogen and oxygen atoms in total. The number of benzene rings is 1. The van der Waals surface area contributed by atoms with Crippen molar-refractivity contribution in [2.45, 2.75) is 38.5 Å². The second kappa shape index (κ2) is 4.96. The molecular weight excluding hydrogens is 254 g/mol. The lowest BCUT2D eigenvalue weighted by molar-refractivity contribution is -0.383. The molecule has 2 N–H and O–H groups in total.